The second kappa shape index (κ2) is 5.71. The molecule has 0 saturated carbocycles. The van der Waals surface area contributed by atoms with Gasteiger partial charge in [0.25, 0.3) is 0 Å². The number of rotatable bonds is 5. The van der Waals surface area contributed by atoms with Gasteiger partial charge in [-0.2, -0.15) is 0 Å². The third-order valence-corrected chi connectivity index (χ3v) is 3.49. The molecule has 1 heterocycles. The molecule has 2 aromatic rings. The van der Waals surface area contributed by atoms with Crippen LogP contribution < -0.4 is 5.32 Å². The molecular formula is C15H20N2O. The molecule has 2 unspecified atom stereocenters. The van der Waals surface area contributed by atoms with E-state index >= 15 is 0 Å². The average molecular weight is 244 g/mol. The molecule has 1 N–H and O–H groups in total. The molecule has 2 rings (SSSR count). The first-order chi connectivity index (χ1) is 8.70. The van der Waals surface area contributed by atoms with Gasteiger partial charge in [-0.15, -0.1) is 0 Å². The second-order valence-corrected chi connectivity index (χ2v) is 4.76. The molecule has 0 aliphatic carbocycles. The van der Waals surface area contributed by atoms with Gasteiger partial charge in [-0.3, -0.25) is 0 Å². The molecule has 3 heteroatoms. The molecular weight excluding hydrogens is 224 g/mol. The quantitative estimate of drug-likeness (QED) is 0.857. The van der Waals surface area contributed by atoms with Crippen LogP contribution in [0.15, 0.2) is 41.3 Å². The second-order valence-electron chi connectivity index (χ2n) is 4.76. The van der Waals surface area contributed by atoms with Gasteiger partial charge in [0.15, 0.2) is 12.2 Å². The van der Waals surface area contributed by atoms with Crippen LogP contribution in [0.5, 0.6) is 0 Å². The fourth-order valence-electron chi connectivity index (χ4n) is 1.85. The van der Waals surface area contributed by atoms with Crippen molar-refractivity contribution in [3.63, 3.8) is 0 Å². The Bertz CT molecular complexity index is 462. The van der Waals surface area contributed by atoms with Crippen LogP contribution in [0.2, 0.25) is 0 Å². The highest BCUT2D eigenvalue weighted by molar-refractivity contribution is 5.60. The molecule has 18 heavy (non-hydrogen) atoms. The van der Waals surface area contributed by atoms with Gasteiger partial charge in [0.05, 0.1) is 6.20 Å². The lowest BCUT2D eigenvalue weighted by Crippen LogP contribution is -2.23. The lowest BCUT2D eigenvalue weighted by Gasteiger charge is -2.21. The van der Waals surface area contributed by atoms with Crippen LogP contribution in [-0.4, -0.2) is 11.0 Å². The summed E-state index contributed by atoms with van der Waals surface area (Å²) < 4.78 is 5.26. The zero-order chi connectivity index (χ0) is 13.0. The molecule has 0 fully saturated rings. The standard InChI is InChI=1S/C15H20N2O/c1-4-11(2)12(3)17-14-7-5-13(6-8-14)15-9-16-10-18-15/h5-12,17H,4H2,1-3H3. The molecule has 1 aromatic heterocycles. The minimum absolute atomic E-state index is 0.478. The third kappa shape index (κ3) is 2.92. The van der Waals surface area contributed by atoms with Crippen LogP contribution in [0.3, 0.4) is 0 Å². The van der Waals surface area contributed by atoms with Crippen LogP contribution in [0.4, 0.5) is 5.69 Å². The van der Waals surface area contributed by atoms with Crippen LogP contribution >= 0.6 is 0 Å². The summed E-state index contributed by atoms with van der Waals surface area (Å²) in [6.45, 7) is 6.70. The maximum Gasteiger partial charge on any atom is 0.181 e. The smallest absolute Gasteiger partial charge is 0.181 e. The van der Waals surface area contributed by atoms with Crippen molar-refractivity contribution in [2.75, 3.05) is 5.32 Å². The van der Waals surface area contributed by atoms with E-state index in [-0.39, 0.29) is 0 Å². The van der Waals surface area contributed by atoms with Crippen LogP contribution in [0.25, 0.3) is 11.3 Å². The molecule has 3 nitrogen and oxygen atoms in total. The molecule has 0 aliphatic rings. The maximum absolute atomic E-state index is 5.26. The van der Waals surface area contributed by atoms with E-state index in [1.807, 2.05) is 12.1 Å². The van der Waals surface area contributed by atoms with Crippen molar-refractivity contribution in [2.45, 2.75) is 33.2 Å². The minimum Gasteiger partial charge on any atom is -0.444 e. The van der Waals surface area contributed by atoms with Crippen LogP contribution in [0.1, 0.15) is 27.2 Å². The maximum atomic E-state index is 5.26. The van der Waals surface area contributed by atoms with E-state index in [4.69, 9.17) is 4.42 Å². The average Bonchev–Trinajstić information content (AvgIpc) is 2.92. The van der Waals surface area contributed by atoms with E-state index in [1.165, 1.54) is 12.8 Å². The Kier molecular flexibility index (Phi) is 4.03. The first-order valence-electron chi connectivity index (χ1n) is 6.46. The fraction of sp³-hybridized carbons (Fsp3) is 0.400. The molecule has 0 amide bonds. The van der Waals surface area contributed by atoms with Crippen molar-refractivity contribution < 1.29 is 4.42 Å². The lowest BCUT2D eigenvalue weighted by molar-refractivity contribution is 0.494. The predicted octanol–water partition coefficient (Wildman–Crippen LogP) is 4.19. The zero-order valence-electron chi connectivity index (χ0n) is 11.2. The van der Waals surface area contributed by atoms with Crippen LogP contribution in [0, 0.1) is 5.92 Å². The summed E-state index contributed by atoms with van der Waals surface area (Å²) in [6.07, 6.45) is 4.36. The van der Waals surface area contributed by atoms with Crippen molar-refractivity contribution in [1.82, 2.24) is 4.98 Å². The third-order valence-electron chi connectivity index (χ3n) is 3.49. The molecule has 2 atom stereocenters. The normalized spacial score (nSPS) is 14.2. The fourth-order valence-corrected chi connectivity index (χ4v) is 1.85. The van der Waals surface area contributed by atoms with E-state index in [0.29, 0.717) is 12.0 Å². The number of hydrogen-bond donors (Lipinski definition) is 1. The molecule has 0 spiro atoms. The van der Waals surface area contributed by atoms with Gasteiger partial charge in [-0.05, 0) is 37.1 Å². The van der Waals surface area contributed by atoms with Gasteiger partial charge in [0.1, 0.15) is 0 Å². The number of aromatic nitrogens is 1. The van der Waals surface area contributed by atoms with Gasteiger partial charge >= 0.3 is 0 Å². The van der Waals surface area contributed by atoms with Crippen molar-refractivity contribution in [1.29, 1.82) is 0 Å². The summed E-state index contributed by atoms with van der Waals surface area (Å²) >= 11 is 0. The monoisotopic (exact) mass is 244 g/mol. The Morgan fingerprint density at radius 1 is 1.22 bits per heavy atom. The van der Waals surface area contributed by atoms with Crippen molar-refractivity contribution in [3.05, 3.63) is 36.9 Å². The van der Waals surface area contributed by atoms with Crippen LogP contribution in [-0.2, 0) is 0 Å². The first kappa shape index (κ1) is 12.7. The molecule has 0 bridgehead atoms. The largest absolute Gasteiger partial charge is 0.444 e. The zero-order valence-corrected chi connectivity index (χ0v) is 11.2. The van der Waals surface area contributed by atoms with Crippen molar-refractivity contribution >= 4 is 5.69 Å². The SMILES string of the molecule is CCC(C)C(C)Nc1ccc(-c2cnco2)cc1. The Morgan fingerprint density at radius 2 is 1.94 bits per heavy atom. The van der Waals surface area contributed by atoms with E-state index in [1.54, 1.807) is 6.20 Å². The Labute approximate surface area is 108 Å². The van der Waals surface area contributed by atoms with Gasteiger partial charge in [0, 0.05) is 17.3 Å². The number of anilines is 1. The summed E-state index contributed by atoms with van der Waals surface area (Å²) in [5, 5.41) is 3.52. The number of oxazole rings is 1. The Morgan fingerprint density at radius 3 is 2.50 bits per heavy atom. The van der Waals surface area contributed by atoms with Gasteiger partial charge in [0.2, 0.25) is 0 Å². The van der Waals surface area contributed by atoms with E-state index < -0.39 is 0 Å². The van der Waals surface area contributed by atoms with Crippen molar-refractivity contribution in [2.24, 2.45) is 5.92 Å². The van der Waals surface area contributed by atoms with Gasteiger partial charge < -0.3 is 9.73 Å². The van der Waals surface area contributed by atoms with Gasteiger partial charge in [-0.1, -0.05) is 20.3 Å². The number of nitrogens with zero attached hydrogens (tertiary/aromatic N) is 1. The lowest BCUT2D eigenvalue weighted by atomic mass is 10.0. The molecule has 1 aromatic carbocycles. The summed E-state index contributed by atoms with van der Waals surface area (Å²) in [5.41, 5.74) is 2.19. The topological polar surface area (TPSA) is 38.1 Å². The number of nitrogens with one attached hydrogen (secondary N) is 1. The predicted molar refractivity (Wildman–Crippen MR) is 74.5 cm³/mol. The molecule has 0 aliphatic heterocycles. The highest BCUT2D eigenvalue weighted by Gasteiger charge is 2.09. The van der Waals surface area contributed by atoms with Gasteiger partial charge in [-0.25, -0.2) is 4.98 Å². The summed E-state index contributed by atoms with van der Waals surface area (Å²) in [4.78, 5) is 3.92. The number of benzene rings is 1. The van der Waals surface area contributed by atoms with E-state index in [9.17, 15) is 0 Å². The summed E-state index contributed by atoms with van der Waals surface area (Å²) in [6, 6.07) is 8.73. The molecule has 0 radical (unpaired) electrons. The van der Waals surface area contributed by atoms with Crippen molar-refractivity contribution in [3.8, 4) is 11.3 Å². The minimum atomic E-state index is 0.478. The molecule has 0 saturated heterocycles. The van der Waals surface area contributed by atoms with E-state index in [0.717, 1.165) is 17.0 Å². The Hall–Kier alpha value is -1.77. The Balaban J connectivity index is 2.04. The first-order valence-corrected chi connectivity index (χ1v) is 6.46. The van der Waals surface area contributed by atoms with E-state index in [2.05, 4.69) is 43.2 Å². The summed E-state index contributed by atoms with van der Waals surface area (Å²) in [7, 11) is 0. The highest BCUT2D eigenvalue weighted by Crippen LogP contribution is 2.22. The molecule has 96 valence electrons. The number of hydrogen-bond acceptors (Lipinski definition) is 3. The summed E-state index contributed by atoms with van der Waals surface area (Å²) in [5.74, 6) is 1.47. The highest BCUT2D eigenvalue weighted by atomic mass is 16.3.